The van der Waals surface area contributed by atoms with Gasteiger partial charge in [-0.1, -0.05) is 37.3 Å². The zero-order valence-electron chi connectivity index (χ0n) is 20.2. The molecule has 186 valence electrons. The van der Waals surface area contributed by atoms with E-state index in [1.165, 1.54) is 16.8 Å². The monoisotopic (exact) mass is 494 g/mol. The number of nitrogens with one attached hydrogen (secondary N) is 2. The summed E-state index contributed by atoms with van der Waals surface area (Å²) >= 11 is 0. The number of amides is 1. The Hall–Kier alpha value is -4.21. The summed E-state index contributed by atoms with van der Waals surface area (Å²) < 4.78 is 41.8. The van der Waals surface area contributed by atoms with Crippen LogP contribution in [0.25, 0.3) is 5.95 Å². The van der Waals surface area contributed by atoms with E-state index in [1.807, 2.05) is 44.2 Å². The van der Waals surface area contributed by atoms with Gasteiger partial charge in [0.1, 0.15) is 11.6 Å². The highest BCUT2D eigenvalue weighted by Crippen LogP contribution is 2.33. The van der Waals surface area contributed by atoms with E-state index in [9.17, 15) is 18.0 Å². The van der Waals surface area contributed by atoms with E-state index < -0.39 is 23.2 Å². The highest BCUT2D eigenvalue weighted by atomic mass is 19.4. The molecule has 0 aliphatic heterocycles. The number of carbonyl (C=O) groups is 1. The van der Waals surface area contributed by atoms with Gasteiger partial charge < -0.3 is 10.6 Å². The van der Waals surface area contributed by atoms with Gasteiger partial charge in [0.15, 0.2) is 0 Å². The van der Waals surface area contributed by atoms with Crippen LogP contribution in [-0.2, 0) is 12.6 Å². The molecule has 2 heterocycles. The number of para-hydroxylation sites is 1. The van der Waals surface area contributed by atoms with Crippen LogP contribution >= 0.6 is 0 Å². The SMILES string of the molecule is CCc1c(C)nc(-n2nc(C)c(C)c2NC(=O)c2ccccc2C(F)(F)F)nc1Nc1ccccc1. The quantitative estimate of drug-likeness (QED) is 0.335. The Morgan fingerprint density at radius 3 is 2.28 bits per heavy atom. The van der Waals surface area contributed by atoms with Gasteiger partial charge in [0, 0.05) is 22.5 Å². The number of alkyl halides is 3. The molecule has 0 atom stereocenters. The normalized spacial score (nSPS) is 11.4. The highest BCUT2D eigenvalue weighted by molar-refractivity contribution is 6.05. The number of hydrogen-bond acceptors (Lipinski definition) is 5. The fraction of sp³-hybridized carbons (Fsp3) is 0.231. The molecule has 10 heteroatoms. The Labute approximate surface area is 206 Å². The second-order valence-electron chi connectivity index (χ2n) is 8.25. The van der Waals surface area contributed by atoms with Gasteiger partial charge in [-0.15, -0.1) is 0 Å². The van der Waals surface area contributed by atoms with Gasteiger partial charge in [-0.3, -0.25) is 4.79 Å². The molecule has 2 aromatic carbocycles. The van der Waals surface area contributed by atoms with E-state index in [-0.39, 0.29) is 11.8 Å². The molecule has 0 spiro atoms. The van der Waals surface area contributed by atoms with Crippen LogP contribution in [0.3, 0.4) is 0 Å². The summed E-state index contributed by atoms with van der Waals surface area (Å²) in [6, 6.07) is 14.2. The first-order chi connectivity index (χ1) is 17.1. The predicted octanol–water partition coefficient (Wildman–Crippen LogP) is 6.16. The van der Waals surface area contributed by atoms with Crippen molar-refractivity contribution in [2.75, 3.05) is 10.6 Å². The number of carbonyl (C=O) groups excluding carboxylic acids is 1. The van der Waals surface area contributed by atoms with Crippen molar-refractivity contribution in [3.63, 3.8) is 0 Å². The topological polar surface area (TPSA) is 84.7 Å². The lowest BCUT2D eigenvalue weighted by atomic mass is 10.1. The summed E-state index contributed by atoms with van der Waals surface area (Å²) in [6.07, 6.45) is -4.00. The summed E-state index contributed by atoms with van der Waals surface area (Å²) in [5.41, 5.74) is 2.12. The first-order valence-corrected chi connectivity index (χ1v) is 11.3. The van der Waals surface area contributed by atoms with E-state index in [1.54, 1.807) is 13.8 Å². The maximum Gasteiger partial charge on any atom is 0.417 e. The average Bonchev–Trinajstić information content (AvgIpc) is 3.12. The molecule has 4 rings (SSSR count). The van der Waals surface area contributed by atoms with Crippen LogP contribution in [0.2, 0.25) is 0 Å². The number of nitrogens with zero attached hydrogens (tertiary/aromatic N) is 4. The van der Waals surface area contributed by atoms with E-state index >= 15 is 0 Å². The zero-order valence-corrected chi connectivity index (χ0v) is 20.2. The molecule has 0 fully saturated rings. The summed E-state index contributed by atoms with van der Waals surface area (Å²) in [6.45, 7) is 7.30. The van der Waals surface area contributed by atoms with Gasteiger partial charge in [0.25, 0.3) is 11.9 Å². The molecule has 0 bridgehead atoms. The first kappa shape index (κ1) is 24.9. The molecule has 0 radical (unpaired) electrons. The molecular formula is C26H25F3N6O. The second kappa shape index (κ2) is 9.80. The standard InChI is InChI=1S/C26H25F3N6O/c1-5-19-17(4)30-25(32-22(19)31-18-11-7-6-8-12-18)35-23(15(2)16(3)34-35)33-24(36)20-13-9-10-14-21(20)26(27,28)29/h6-14H,5H2,1-4H3,(H,33,36)(H,30,31,32). The maximum atomic E-state index is 13.5. The molecule has 0 saturated heterocycles. The van der Waals surface area contributed by atoms with Gasteiger partial charge in [0.2, 0.25) is 0 Å². The third-order valence-electron chi connectivity index (χ3n) is 5.85. The summed E-state index contributed by atoms with van der Waals surface area (Å²) in [4.78, 5) is 22.3. The van der Waals surface area contributed by atoms with Crippen molar-refractivity contribution in [1.82, 2.24) is 19.7 Å². The van der Waals surface area contributed by atoms with Crippen molar-refractivity contribution < 1.29 is 18.0 Å². The number of aryl methyl sites for hydroxylation is 2. The first-order valence-electron chi connectivity index (χ1n) is 11.3. The third-order valence-corrected chi connectivity index (χ3v) is 5.85. The van der Waals surface area contributed by atoms with Gasteiger partial charge >= 0.3 is 6.18 Å². The Morgan fingerprint density at radius 2 is 1.61 bits per heavy atom. The van der Waals surface area contributed by atoms with E-state index in [4.69, 9.17) is 0 Å². The van der Waals surface area contributed by atoms with E-state index in [0.717, 1.165) is 23.4 Å². The van der Waals surface area contributed by atoms with Crippen molar-refractivity contribution >= 4 is 23.2 Å². The minimum absolute atomic E-state index is 0.179. The minimum Gasteiger partial charge on any atom is -0.340 e. The van der Waals surface area contributed by atoms with Crippen molar-refractivity contribution in [2.45, 2.75) is 40.3 Å². The number of benzene rings is 2. The Balaban J connectivity index is 1.77. The molecule has 0 unspecified atom stereocenters. The van der Waals surface area contributed by atoms with Crippen LogP contribution in [0.5, 0.6) is 0 Å². The van der Waals surface area contributed by atoms with Crippen molar-refractivity contribution in [3.05, 3.63) is 88.2 Å². The molecule has 36 heavy (non-hydrogen) atoms. The van der Waals surface area contributed by atoms with Gasteiger partial charge in [0.05, 0.1) is 16.8 Å². The van der Waals surface area contributed by atoms with Crippen LogP contribution in [0, 0.1) is 20.8 Å². The summed E-state index contributed by atoms with van der Waals surface area (Å²) in [5.74, 6) is 0.0518. The Morgan fingerprint density at radius 1 is 0.944 bits per heavy atom. The van der Waals surface area contributed by atoms with E-state index in [2.05, 4.69) is 25.7 Å². The lowest BCUT2D eigenvalue weighted by Gasteiger charge is -2.16. The molecular weight excluding hydrogens is 469 g/mol. The highest BCUT2D eigenvalue weighted by Gasteiger charge is 2.35. The van der Waals surface area contributed by atoms with Gasteiger partial charge in [-0.2, -0.15) is 27.9 Å². The number of aromatic nitrogens is 4. The molecule has 7 nitrogen and oxygen atoms in total. The van der Waals surface area contributed by atoms with Crippen LogP contribution in [0.1, 0.15) is 45.4 Å². The molecule has 0 saturated carbocycles. The Bertz CT molecular complexity index is 1410. The molecule has 2 N–H and O–H groups in total. The smallest absolute Gasteiger partial charge is 0.340 e. The van der Waals surface area contributed by atoms with Crippen LogP contribution < -0.4 is 10.6 Å². The van der Waals surface area contributed by atoms with Crippen LogP contribution in [-0.4, -0.2) is 25.7 Å². The summed E-state index contributed by atoms with van der Waals surface area (Å²) in [5, 5.41) is 10.4. The average molecular weight is 495 g/mol. The van der Waals surface area contributed by atoms with Gasteiger partial charge in [-0.25, -0.2) is 4.98 Å². The largest absolute Gasteiger partial charge is 0.417 e. The third kappa shape index (κ3) is 4.93. The predicted molar refractivity (Wildman–Crippen MR) is 132 cm³/mol. The van der Waals surface area contributed by atoms with E-state index in [0.29, 0.717) is 29.2 Å². The number of anilines is 3. The minimum atomic E-state index is -4.67. The zero-order chi connectivity index (χ0) is 26.0. The van der Waals surface area contributed by atoms with Crippen molar-refractivity contribution in [1.29, 1.82) is 0 Å². The molecule has 0 aliphatic carbocycles. The maximum absolute atomic E-state index is 13.5. The summed E-state index contributed by atoms with van der Waals surface area (Å²) in [7, 11) is 0. The fourth-order valence-corrected chi connectivity index (χ4v) is 3.86. The Kier molecular flexibility index (Phi) is 6.78. The van der Waals surface area contributed by atoms with Gasteiger partial charge in [-0.05, 0) is 51.5 Å². The number of hydrogen-bond donors (Lipinski definition) is 2. The van der Waals surface area contributed by atoms with Crippen LogP contribution in [0.15, 0.2) is 54.6 Å². The molecule has 4 aromatic rings. The lowest BCUT2D eigenvalue weighted by molar-refractivity contribution is -0.137. The van der Waals surface area contributed by atoms with Crippen LogP contribution in [0.4, 0.5) is 30.5 Å². The van der Waals surface area contributed by atoms with Crippen molar-refractivity contribution in [3.8, 4) is 5.95 Å². The molecule has 2 aromatic heterocycles. The second-order valence-corrected chi connectivity index (χ2v) is 8.25. The lowest BCUT2D eigenvalue weighted by Crippen LogP contribution is -2.21. The fourth-order valence-electron chi connectivity index (χ4n) is 3.86. The molecule has 1 amide bonds. The number of rotatable bonds is 6. The molecule has 0 aliphatic rings. The number of halogens is 3. The van der Waals surface area contributed by atoms with Crippen molar-refractivity contribution in [2.24, 2.45) is 0 Å².